The number of nitrogens with one attached hydrogen (secondary N) is 1. The van der Waals surface area contributed by atoms with E-state index in [9.17, 15) is 22.8 Å². The molecule has 11 heteroatoms. The fraction of sp³-hybridized carbons (Fsp3) is 0.560. The Labute approximate surface area is 209 Å². The van der Waals surface area contributed by atoms with Gasteiger partial charge in [0.15, 0.2) is 0 Å². The van der Waals surface area contributed by atoms with Gasteiger partial charge in [-0.25, -0.2) is 9.78 Å². The molecular formula is C25H36F3N5O3. The van der Waals surface area contributed by atoms with Gasteiger partial charge in [-0.15, -0.1) is 0 Å². The molecule has 1 aliphatic rings. The molecule has 0 bridgehead atoms. The van der Waals surface area contributed by atoms with Crippen molar-refractivity contribution in [3.63, 3.8) is 0 Å². The number of nitrogen functional groups attached to an aromatic ring is 1. The highest BCUT2D eigenvalue weighted by Gasteiger charge is 2.30. The number of halogens is 3. The summed E-state index contributed by atoms with van der Waals surface area (Å²) in [6.07, 6.45) is 2.48. The molecule has 1 unspecified atom stereocenters. The first kappa shape index (κ1) is 29.2. The molecule has 8 nitrogen and oxygen atoms in total. The number of aliphatic carboxylic acids is 1. The molecule has 1 fully saturated rings. The van der Waals surface area contributed by atoms with Crippen LogP contribution in [0.4, 0.5) is 19.0 Å². The van der Waals surface area contributed by atoms with Crippen molar-refractivity contribution in [3.8, 4) is 0 Å². The van der Waals surface area contributed by atoms with Gasteiger partial charge in [0.25, 0.3) is 0 Å². The van der Waals surface area contributed by atoms with Crippen molar-refractivity contribution in [1.82, 2.24) is 19.8 Å². The lowest BCUT2D eigenvalue weighted by Crippen LogP contribution is -2.41. The molecule has 2 aromatic rings. The van der Waals surface area contributed by atoms with Crippen LogP contribution in [0.3, 0.4) is 0 Å². The largest absolute Gasteiger partial charge is 0.480 e. The van der Waals surface area contributed by atoms with Gasteiger partial charge >= 0.3 is 12.1 Å². The average Bonchev–Trinajstić information content (AvgIpc) is 3.45. The van der Waals surface area contributed by atoms with Gasteiger partial charge in [0, 0.05) is 12.7 Å². The van der Waals surface area contributed by atoms with Gasteiger partial charge < -0.3 is 25.6 Å². The highest BCUT2D eigenvalue weighted by Crippen LogP contribution is 2.29. The van der Waals surface area contributed by atoms with E-state index in [-0.39, 0.29) is 23.9 Å². The minimum atomic E-state index is -4.47. The lowest BCUT2D eigenvalue weighted by molar-refractivity contribution is -0.141. The maximum atomic E-state index is 12.5. The number of anilines is 1. The number of benzene rings is 1. The summed E-state index contributed by atoms with van der Waals surface area (Å²) in [5.74, 6) is -1.17. The predicted octanol–water partition coefficient (Wildman–Crippen LogP) is 3.91. The zero-order valence-electron chi connectivity index (χ0n) is 21.0. The average molecular weight is 512 g/mol. The van der Waals surface area contributed by atoms with E-state index in [1.54, 1.807) is 6.92 Å². The highest BCUT2D eigenvalue weighted by molar-refractivity contribution is 5.84. The maximum absolute atomic E-state index is 12.5. The second-order valence-corrected chi connectivity index (χ2v) is 9.62. The number of carboxylic acids is 1. The Morgan fingerprint density at radius 1 is 1.22 bits per heavy atom. The van der Waals surface area contributed by atoms with E-state index in [0.29, 0.717) is 12.2 Å². The Hall–Kier alpha value is -3.08. The third kappa shape index (κ3) is 9.18. The van der Waals surface area contributed by atoms with Crippen molar-refractivity contribution in [2.24, 2.45) is 0 Å². The number of rotatable bonds is 9. The molecule has 1 aromatic carbocycles. The number of hydrogen-bond donors (Lipinski definition) is 3. The van der Waals surface area contributed by atoms with E-state index in [2.05, 4.69) is 33.6 Å². The van der Waals surface area contributed by atoms with Gasteiger partial charge in [0.2, 0.25) is 5.91 Å². The summed E-state index contributed by atoms with van der Waals surface area (Å²) in [5, 5.41) is 11.2. The fourth-order valence-electron chi connectivity index (χ4n) is 4.07. The molecule has 0 spiro atoms. The quantitative estimate of drug-likeness (QED) is 0.470. The van der Waals surface area contributed by atoms with Gasteiger partial charge in [0.1, 0.15) is 11.9 Å². The number of hydrogen-bond acceptors (Lipinski definition) is 5. The van der Waals surface area contributed by atoms with Crippen LogP contribution in [0.2, 0.25) is 0 Å². The normalized spacial score (nSPS) is 15.2. The summed E-state index contributed by atoms with van der Waals surface area (Å²) in [4.78, 5) is 29.2. The van der Waals surface area contributed by atoms with Crippen LogP contribution in [0.5, 0.6) is 0 Å². The molecule has 200 valence electrons. The number of amides is 1. The van der Waals surface area contributed by atoms with Crippen LogP contribution in [0.15, 0.2) is 36.8 Å². The summed E-state index contributed by atoms with van der Waals surface area (Å²) in [6.45, 7) is 9.76. The Morgan fingerprint density at radius 3 is 2.42 bits per heavy atom. The molecular weight excluding hydrogens is 475 g/mol. The summed E-state index contributed by atoms with van der Waals surface area (Å²) in [6, 6.07) is 3.39. The number of nitrogens with two attached hydrogens (primary N) is 1. The monoisotopic (exact) mass is 511 g/mol. The van der Waals surface area contributed by atoms with Crippen LogP contribution in [0, 0.1) is 0 Å². The smallest absolute Gasteiger partial charge is 0.416 e. The van der Waals surface area contributed by atoms with Crippen molar-refractivity contribution in [2.75, 3.05) is 25.4 Å². The number of carboxylic acid groups (broad SMARTS) is 1. The van der Waals surface area contributed by atoms with Gasteiger partial charge in [-0.1, -0.05) is 31.5 Å². The van der Waals surface area contributed by atoms with Crippen molar-refractivity contribution in [1.29, 1.82) is 0 Å². The molecule has 1 aromatic heterocycles. The van der Waals surface area contributed by atoms with Crippen molar-refractivity contribution >= 4 is 17.7 Å². The lowest BCUT2D eigenvalue weighted by Gasteiger charge is -2.31. The number of carbonyl (C=O) groups excluding carboxylic acids is 1. The first-order valence-corrected chi connectivity index (χ1v) is 12.0. The lowest BCUT2D eigenvalue weighted by atomic mass is 10.1. The minimum absolute atomic E-state index is 0.0783. The van der Waals surface area contributed by atoms with Crippen molar-refractivity contribution < 1.29 is 27.9 Å². The molecule has 0 aliphatic carbocycles. The summed E-state index contributed by atoms with van der Waals surface area (Å²) in [5.41, 5.74) is 5.06. The van der Waals surface area contributed by atoms with Gasteiger partial charge in [-0.3, -0.25) is 4.79 Å². The van der Waals surface area contributed by atoms with Crippen molar-refractivity contribution in [3.05, 3.63) is 47.9 Å². The van der Waals surface area contributed by atoms with E-state index in [1.807, 2.05) is 12.5 Å². The van der Waals surface area contributed by atoms with Crippen molar-refractivity contribution in [2.45, 2.75) is 70.6 Å². The fourth-order valence-corrected chi connectivity index (χ4v) is 4.07. The van der Waals surface area contributed by atoms with Crippen LogP contribution in [0.25, 0.3) is 0 Å². The molecule has 0 radical (unpaired) electrons. The topological polar surface area (TPSA) is 113 Å². The molecule has 3 rings (SSSR count). The molecule has 4 N–H and O–H groups in total. The van der Waals surface area contributed by atoms with Crippen LogP contribution in [-0.4, -0.2) is 57.1 Å². The molecule has 1 atom stereocenters. The Balaban J connectivity index is 0.000000267. The number of aromatic nitrogens is 2. The Morgan fingerprint density at radius 2 is 1.89 bits per heavy atom. The number of likely N-dealkylation sites (tertiary alicyclic amines) is 1. The van der Waals surface area contributed by atoms with Gasteiger partial charge in [-0.05, 0) is 57.8 Å². The summed E-state index contributed by atoms with van der Waals surface area (Å²) >= 11 is 0. The summed E-state index contributed by atoms with van der Waals surface area (Å²) < 4.78 is 39.7. The first-order chi connectivity index (χ1) is 16.8. The van der Waals surface area contributed by atoms with E-state index in [1.165, 1.54) is 38.1 Å². The standard InChI is InChI=1S/C14H16F3NO3.C11H20N4/c1-2-4-11(13(20)21)18-12(19)8-9-5-3-6-10(7-9)14(15,16)17;1-11(2,8-14-5-3-4-6-14)15-7-10(12)13-9-15/h3,5-7,11H,2,4,8H2,1H3,(H,18,19)(H,20,21);7,9H,3-6,8,12H2,1-2H3. The summed E-state index contributed by atoms with van der Waals surface area (Å²) in [7, 11) is 0. The third-order valence-corrected chi connectivity index (χ3v) is 5.94. The number of imidazole rings is 1. The second kappa shape index (κ2) is 12.8. The Kier molecular flexibility index (Phi) is 10.3. The highest BCUT2D eigenvalue weighted by atomic mass is 19.4. The molecule has 36 heavy (non-hydrogen) atoms. The number of alkyl halides is 3. The van der Waals surface area contributed by atoms with Crippen LogP contribution < -0.4 is 11.1 Å². The number of nitrogens with zero attached hydrogens (tertiary/aromatic N) is 3. The zero-order valence-corrected chi connectivity index (χ0v) is 21.0. The maximum Gasteiger partial charge on any atom is 0.416 e. The third-order valence-electron chi connectivity index (χ3n) is 5.94. The van der Waals surface area contributed by atoms with E-state index in [0.717, 1.165) is 18.7 Å². The SMILES string of the molecule is CC(C)(CN1CCCC1)n1cnc(N)c1.CCCC(NC(=O)Cc1cccc(C(F)(F)F)c1)C(=O)O. The van der Waals surface area contributed by atoms with E-state index >= 15 is 0 Å². The second-order valence-electron chi connectivity index (χ2n) is 9.62. The van der Waals surface area contributed by atoms with Crippen LogP contribution in [-0.2, 0) is 27.7 Å². The molecule has 2 heterocycles. The van der Waals surface area contributed by atoms with Crippen LogP contribution >= 0.6 is 0 Å². The Bertz CT molecular complexity index is 1000. The van der Waals surface area contributed by atoms with E-state index in [4.69, 9.17) is 10.8 Å². The van der Waals surface area contributed by atoms with Crippen LogP contribution in [0.1, 0.15) is 57.6 Å². The number of carbonyl (C=O) groups is 2. The molecule has 1 amide bonds. The predicted molar refractivity (Wildman–Crippen MR) is 131 cm³/mol. The van der Waals surface area contributed by atoms with E-state index < -0.39 is 29.7 Å². The first-order valence-electron chi connectivity index (χ1n) is 12.0. The van der Waals surface area contributed by atoms with Gasteiger partial charge in [-0.2, -0.15) is 13.2 Å². The molecule has 0 saturated carbocycles. The van der Waals surface area contributed by atoms with Gasteiger partial charge in [0.05, 0.1) is 23.9 Å². The minimum Gasteiger partial charge on any atom is -0.480 e. The molecule has 1 aliphatic heterocycles. The molecule has 1 saturated heterocycles. The zero-order chi connectivity index (χ0) is 26.9.